The highest BCUT2D eigenvalue weighted by atomic mass is 16.6. The van der Waals surface area contributed by atoms with Gasteiger partial charge in [-0.3, -0.25) is 9.59 Å². The fourth-order valence-electron chi connectivity index (χ4n) is 3.28. The number of hydrogen-bond acceptors (Lipinski definition) is 6. The fraction of sp³-hybridized carbons (Fsp3) is 0.300. The molecule has 1 atom stereocenters. The lowest BCUT2D eigenvalue weighted by Gasteiger charge is -2.34. The molecule has 0 aromatic heterocycles. The number of nitrogens with zero attached hydrogens (tertiary/aromatic N) is 1. The van der Waals surface area contributed by atoms with Gasteiger partial charge >= 0.3 is 0 Å². The summed E-state index contributed by atoms with van der Waals surface area (Å²) < 4.78 is 22.4. The Morgan fingerprint density at radius 3 is 2.71 bits per heavy atom. The molecule has 0 saturated heterocycles. The zero-order valence-electron chi connectivity index (χ0n) is 15.6. The molecule has 0 unspecified atom stereocenters. The van der Waals surface area contributed by atoms with E-state index in [0.717, 1.165) is 0 Å². The number of ether oxygens (including phenoxy) is 4. The molecule has 28 heavy (non-hydrogen) atoms. The molecule has 4 rings (SSSR count). The minimum Gasteiger partial charge on any atom is -0.493 e. The maximum atomic E-state index is 13.4. The number of likely N-dealkylation sites (N-methyl/N-ethyl adjacent to an activating group) is 1. The van der Waals surface area contributed by atoms with Crippen molar-refractivity contribution in [3.05, 3.63) is 42.0 Å². The van der Waals surface area contributed by atoms with E-state index < -0.39 is 6.10 Å². The molecule has 0 fully saturated rings. The first-order valence-corrected chi connectivity index (χ1v) is 8.89. The molecule has 2 aliphatic heterocycles. The Bertz CT molecular complexity index is 912. The van der Waals surface area contributed by atoms with Gasteiger partial charge < -0.3 is 29.2 Å². The number of rotatable bonds is 3. The number of para-hydroxylation sites is 2. The summed E-state index contributed by atoms with van der Waals surface area (Å²) in [4.78, 5) is 27.0. The first-order chi connectivity index (χ1) is 13.6. The monoisotopic (exact) mass is 384 g/mol. The van der Waals surface area contributed by atoms with E-state index in [1.807, 2.05) is 6.07 Å². The molecule has 2 heterocycles. The Hall–Kier alpha value is -3.42. The third kappa shape index (κ3) is 3.06. The summed E-state index contributed by atoms with van der Waals surface area (Å²) in [5.74, 6) is 1.24. The van der Waals surface area contributed by atoms with E-state index in [2.05, 4.69) is 5.32 Å². The van der Waals surface area contributed by atoms with Crippen molar-refractivity contribution in [1.82, 2.24) is 5.32 Å². The van der Waals surface area contributed by atoms with Crippen LogP contribution in [0.4, 0.5) is 5.69 Å². The van der Waals surface area contributed by atoms with Crippen molar-refractivity contribution in [3.63, 3.8) is 0 Å². The van der Waals surface area contributed by atoms with E-state index in [0.29, 0.717) is 47.5 Å². The number of anilines is 1. The largest absolute Gasteiger partial charge is 0.493 e. The summed E-state index contributed by atoms with van der Waals surface area (Å²) in [6.07, 6.45) is -0.803. The second-order valence-electron chi connectivity index (χ2n) is 6.31. The zero-order valence-corrected chi connectivity index (χ0v) is 15.6. The highest BCUT2D eigenvalue weighted by Crippen LogP contribution is 2.41. The molecule has 2 aromatic rings. The smallest absolute Gasteiger partial charge is 0.262 e. The second kappa shape index (κ2) is 7.30. The predicted molar refractivity (Wildman–Crippen MR) is 101 cm³/mol. The van der Waals surface area contributed by atoms with E-state index in [1.165, 1.54) is 19.1 Å². The zero-order chi connectivity index (χ0) is 19.7. The maximum absolute atomic E-state index is 13.4. The van der Waals surface area contributed by atoms with Crippen LogP contribution in [-0.2, 0) is 4.79 Å². The van der Waals surface area contributed by atoms with Crippen molar-refractivity contribution in [3.8, 4) is 23.0 Å². The molecular weight excluding hydrogens is 364 g/mol. The molecule has 0 aliphatic carbocycles. The fourth-order valence-corrected chi connectivity index (χ4v) is 3.28. The van der Waals surface area contributed by atoms with Crippen LogP contribution in [0.25, 0.3) is 0 Å². The Morgan fingerprint density at radius 2 is 1.93 bits per heavy atom. The van der Waals surface area contributed by atoms with Crippen molar-refractivity contribution in [2.45, 2.75) is 6.10 Å². The van der Waals surface area contributed by atoms with E-state index in [4.69, 9.17) is 18.9 Å². The average Bonchev–Trinajstić information content (AvgIpc) is 2.76. The summed E-state index contributed by atoms with van der Waals surface area (Å²) in [5.41, 5.74) is 0.968. The van der Waals surface area contributed by atoms with Crippen LogP contribution in [0, 0.1) is 0 Å². The molecule has 0 bridgehead atoms. The van der Waals surface area contributed by atoms with E-state index in [-0.39, 0.29) is 18.4 Å². The van der Waals surface area contributed by atoms with E-state index in [1.54, 1.807) is 30.3 Å². The minimum absolute atomic E-state index is 0.0896. The third-order valence-electron chi connectivity index (χ3n) is 4.63. The number of methoxy groups -OCH3 is 1. The lowest BCUT2D eigenvalue weighted by molar-refractivity contribution is -0.127. The van der Waals surface area contributed by atoms with Gasteiger partial charge in [-0.1, -0.05) is 12.1 Å². The number of amides is 2. The molecule has 2 aliphatic rings. The van der Waals surface area contributed by atoms with Crippen molar-refractivity contribution < 1.29 is 28.5 Å². The van der Waals surface area contributed by atoms with Crippen LogP contribution in [0.5, 0.6) is 23.0 Å². The number of hydrogen-bond donors (Lipinski definition) is 1. The van der Waals surface area contributed by atoms with Gasteiger partial charge in [-0.25, -0.2) is 0 Å². The summed E-state index contributed by atoms with van der Waals surface area (Å²) in [6.45, 7) is 0.903. The number of carbonyl (C=O) groups excluding carboxylic acids is 2. The lowest BCUT2D eigenvalue weighted by atomic mass is 10.1. The minimum atomic E-state index is -0.803. The first-order valence-electron chi connectivity index (χ1n) is 8.89. The van der Waals surface area contributed by atoms with Crippen molar-refractivity contribution in [1.29, 1.82) is 0 Å². The standard InChI is InChI=1S/C20H20N2O6/c1-21-19(23)17-11-22(13-5-3-4-6-14(13)28-17)20(24)12-9-15(25-2)18-16(10-12)26-7-8-27-18/h3-6,9-10,17H,7-8,11H2,1-2H3,(H,21,23)/t17-/m1/s1. The highest BCUT2D eigenvalue weighted by molar-refractivity contribution is 6.08. The Labute approximate surface area is 161 Å². The number of carbonyl (C=O) groups is 2. The summed E-state index contributed by atoms with van der Waals surface area (Å²) in [6, 6.07) is 10.4. The Kier molecular flexibility index (Phi) is 4.68. The van der Waals surface area contributed by atoms with E-state index in [9.17, 15) is 9.59 Å². The van der Waals surface area contributed by atoms with Crippen molar-refractivity contribution in [2.24, 2.45) is 0 Å². The molecule has 8 heteroatoms. The third-order valence-corrected chi connectivity index (χ3v) is 4.63. The number of nitrogens with one attached hydrogen (secondary N) is 1. The van der Waals surface area contributed by atoms with Crippen molar-refractivity contribution in [2.75, 3.05) is 38.8 Å². The normalized spacial score (nSPS) is 17.2. The van der Waals surface area contributed by atoms with Crippen LogP contribution in [0.15, 0.2) is 36.4 Å². The first kappa shape index (κ1) is 18.0. The summed E-state index contributed by atoms with van der Waals surface area (Å²) >= 11 is 0. The van der Waals surface area contributed by atoms with Gasteiger partial charge in [0.15, 0.2) is 17.6 Å². The number of benzene rings is 2. The molecule has 2 aromatic carbocycles. The Balaban J connectivity index is 1.73. The number of fused-ring (bicyclic) bond motifs is 2. The molecule has 8 nitrogen and oxygen atoms in total. The Morgan fingerprint density at radius 1 is 1.14 bits per heavy atom. The molecule has 146 valence electrons. The highest BCUT2D eigenvalue weighted by Gasteiger charge is 2.34. The summed E-state index contributed by atoms with van der Waals surface area (Å²) in [7, 11) is 3.04. The molecule has 0 saturated carbocycles. The van der Waals surface area contributed by atoms with E-state index >= 15 is 0 Å². The second-order valence-corrected chi connectivity index (χ2v) is 6.31. The van der Waals surface area contributed by atoms with Gasteiger partial charge in [-0.2, -0.15) is 0 Å². The molecule has 0 spiro atoms. The van der Waals surface area contributed by atoms with Crippen LogP contribution in [0.1, 0.15) is 10.4 Å². The van der Waals surface area contributed by atoms with Gasteiger partial charge in [0.1, 0.15) is 19.0 Å². The van der Waals surface area contributed by atoms with Gasteiger partial charge in [-0.05, 0) is 24.3 Å². The summed E-state index contributed by atoms with van der Waals surface area (Å²) in [5, 5.41) is 2.57. The molecule has 0 radical (unpaired) electrons. The average molecular weight is 384 g/mol. The van der Waals surface area contributed by atoms with Gasteiger partial charge in [0.05, 0.1) is 19.3 Å². The topological polar surface area (TPSA) is 86.3 Å². The van der Waals surface area contributed by atoms with Gasteiger partial charge in [0.25, 0.3) is 11.8 Å². The van der Waals surface area contributed by atoms with Crippen LogP contribution in [0.2, 0.25) is 0 Å². The van der Waals surface area contributed by atoms with Crippen LogP contribution >= 0.6 is 0 Å². The van der Waals surface area contributed by atoms with Crippen molar-refractivity contribution >= 4 is 17.5 Å². The molecular formula is C20H20N2O6. The lowest BCUT2D eigenvalue weighted by Crippen LogP contribution is -2.50. The quantitative estimate of drug-likeness (QED) is 0.866. The maximum Gasteiger partial charge on any atom is 0.262 e. The van der Waals surface area contributed by atoms with Gasteiger partial charge in [-0.15, -0.1) is 0 Å². The van der Waals surface area contributed by atoms with Gasteiger partial charge in [0, 0.05) is 12.6 Å². The predicted octanol–water partition coefficient (Wildman–Crippen LogP) is 1.62. The van der Waals surface area contributed by atoms with Crippen LogP contribution in [0.3, 0.4) is 0 Å². The van der Waals surface area contributed by atoms with Gasteiger partial charge in [0.2, 0.25) is 5.75 Å². The molecule has 2 amide bonds. The molecule has 1 N–H and O–H groups in total. The van der Waals surface area contributed by atoms with Crippen LogP contribution < -0.4 is 29.2 Å². The van der Waals surface area contributed by atoms with Crippen LogP contribution in [-0.4, -0.2) is 51.8 Å². The SMILES string of the molecule is CNC(=O)[C@H]1CN(C(=O)c2cc(OC)c3c(c2)OCCO3)c2ccccc2O1.